The molecule has 0 saturated heterocycles. The third-order valence-corrected chi connectivity index (χ3v) is 3.91. The van der Waals surface area contributed by atoms with E-state index in [4.69, 9.17) is 5.73 Å². The topological polar surface area (TPSA) is 111 Å². The Morgan fingerprint density at radius 2 is 2.16 bits per heavy atom. The van der Waals surface area contributed by atoms with Crippen molar-refractivity contribution in [2.24, 2.45) is 0 Å². The highest BCUT2D eigenvalue weighted by Gasteiger charge is 2.12. The number of carbonyl (C=O) groups is 1. The van der Waals surface area contributed by atoms with E-state index < -0.39 is 0 Å². The summed E-state index contributed by atoms with van der Waals surface area (Å²) in [6.07, 6.45) is 3.28. The van der Waals surface area contributed by atoms with Gasteiger partial charge in [-0.05, 0) is 31.5 Å². The molecule has 3 heterocycles. The van der Waals surface area contributed by atoms with E-state index >= 15 is 0 Å². The van der Waals surface area contributed by atoms with E-state index in [2.05, 4.69) is 25.6 Å². The number of rotatable bonds is 6. The van der Waals surface area contributed by atoms with Crippen LogP contribution in [0.25, 0.3) is 11.2 Å². The zero-order chi connectivity index (χ0) is 17.8. The van der Waals surface area contributed by atoms with E-state index in [0.29, 0.717) is 42.3 Å². The first-order valence-corrected chi connectivity index (χ1v) is 8.15. The van der Waals surface area contributed by atoms with Crippen LogP contribution in [0.5, 0.6) is 0 Å². The average Bonchev–Trinajstić information content (AvgIpc) is 2.93. The zero-order valence-corrected chi connectivity index (χ0v) is 14.3. The van der Waals surface area contributed by atoms with Crippen LogP contribution in [0, 0.1) is 6.92 Å². The smallest absolute Gasteiger partial charge is 0.252 e. The molecule has 25 heavy (non-hydrogen) atoms. The van der Waals surface area contributed by atoms with Gasteiger partial charge < -0.3 is 16.4 Å². The lowest BCUT2D eigenvalue weighted by Crippen LogP contribution is -2.29. The van der Waals surface area contributed by atoms with Gasteiger partial charge in [0.25, 0.3) is 5.91 Å². The van der Waals surface area contributed by atoms with E-state index in [0.717, 1.165) is 11.4 Å². The number of hydrogen-bond donors (Lipinski definition) is 3. The SMILES string of the molecule is CCn1c(N)nc2cc(C(=O)NCCNc3ncccc3C)cnc21. The van der Waals surface area contributed by atoms with Crippen LogP contribution < -0.4 is 16.4 Å². The van der Waals surface area contributed by atoms with Crippen LogP contribution in [-0.2, 0) is 6.54 Å². The number of hydrogen-bond acceptors (Lipinski definition) is 6. The van der Waals surface area contributed by atoms with Crippen LogP contribution in [0.3, 0.4) is 0 Å². The molecule has 0 saturated carbocycles. The Labute approximate surface area is 145 Å². The van der Waals surface area contributed by atoms with Gasteiger partial charge in [0.05, 0.1) is 5.56 Å². The van der Waals surface area contributed by atoms with Crippen LogP contribution in [-0.4, -0.2) is 38.5 Å². The van der Waals surface area contributed by atoms with E-state index in [9.17, 15) is 4.79 Å². The minimum absolute atomic E-state index is 0.196. The highest BCUT2D eigenvalue weighted by molar-refractivity contribution is 5.96. The van der Waals surface area contributed by atoms with Gasteiger partial charge in [0.15, 0.2) is 5.65 Å². The fraction of sp³-hybridized carbons (Fsp3) is 0.294. The third kappa shape index (κ3) is 3.52. The van der Waals surface area contributed by atoms with Gasteiger partial charge in [0.2, 0.25) is 5.95 Å². The molecule has 3 rings (SSSR count). The molecule has 0 aliphatic carbocycles. The molecule has 3 aromatic heterocycles. The maximum atomic E-state index is 12.3. The molecule has 0 spiro atoms. The van der Waals surface area contributed by atoms with Gasteiger partial charge in [0.1, 0.15) is 11.3 Å². The maximum absolute atomic E-state index is 12.3. The first-order valence-electron chi connectivity index (χ1n) is 8.15. The third-order valence-electron chi connectivity index (χ3n) is 3.91. The van der Waals surface area contributed by atoms with Gasteiger partial charge in [-0.3, -0.25) is 9.36 Å². The number of anilines is 2. The highest BCUT2D eigenvalue weighted by Crippen LogP contribution is 2.16. The van der Waals surface area contributed by atoms with Gasteiger partial charge in [-0.2, -0.15) is 0 Å². The quantitative estimate of drug-likeness (QED) is 0.588. The molecular formula is C17H21N7O. The summed E-state index contributed by atoms with van der Waals surface area (Å²) in [5, 5.41) is 6.05. The number of nitrogens with two attached hydrogens (primary N) is 1. The van der Waals surface area contributed by atoms with Gasteiger partial charge in [0, 0.05) is 32.0 Å². The predicted molar refractivity (Wildman–Crippen MR) is 97.4 cm³/mol. The van der Waals surface area contributed by atoms with Crippen molar-refractivity contribution in [3.8, 4) is 0 Å². The normalized spacial score (nSPS) is 10.8. The number of nitrogens with zero attached hydrogens (tertiary/aromatic N) is 4. The summed E-state index contributed by atoms with van der Waals surface area (Å²) in [4.78, 5) is 25.1. The second kappa shape index (κ2) is 7.16. The van der Waals surface area contributed by atoms with Crippen molar-refractivity contribution < 1.29 is 4.79 Å². The average molecular weight is 339 g/mol. The molecule has 3 aromatic rings. The van der Waals surface area contributed by atoms with Crippen molar-refractivity contribution in [1.29, 1.82) is 0 Å². The molecule has 0 bridgehead atoms. The first kappa shape index (κ1) is 16.7. The summed E-state index contributed by atoms with van der Waals surface area (Å²) in [6.45, 7) is 5.68. The lowest BCUT2D eigenvalue weighted by molar-refractivity contribution is 0.0955. The van der Waals surface area contributed by atoms with E-state index in [1.54, 1.807) is 23.0 Å². The highest BCUT2D eigenvalue weighted by atomic mass is 16.1. The van der Waals surface area contributed by atoms with Crippen LogP contribution >= 0.6 is 0 Å². The molecule has 4 N–H and O–H groups in total. The van der Waals surface area contributed by atoms with Gasteiger partial charge >= 0.3 is 0 Å². The summed E-state index contributed by atoms with van der Waals surface area (Å²) in [5.74, 6) is 1.02. The molecule has 8 heteroatoms. The number of aromatic nitrogens is 4. The lowest BCUT2D eigenvalue weighted by atomic mass is 10.2. The Balaban J connectivity index is 1.60. The van der Waals surface area contributed by atoms with Crippen LogP contribution in [0.4, 0.5) is 11.8 Å². The zero-order valence-electron chi connectivity index (χ0n) is 14.3. The lowest BCUT2D eigenvalue weighted by Gasteiger charge is -2.09. The van der Waals surface area contributed by atoms with Gasteiger partial charge in [-0.25, -0.2) is 15.0 Å². The monoisotopic (exact) mass is 339 g/mol. The minimum atomic E-state index is -0.196. The van der Waals surface area contributed by atoms with Crippen molar-refractivity contribution in [3.63, 3.8) is 0 Å². The maximum Gasteiger partial charge on any atom is 0.252 e. The minimum Gasteiger partial charge on any atom is -0.369 e. The summed E-state index contributed by atoms with van der Waals surface area (Å²) < 4.78 is 1.80. The number of aryl methyl sites for hydroxylation is 2. The van der Waals surface area contributed by atoms with Gasteiger partial charge in [-0.1, -0.05) is 6.07 Å². The Bertz CT molecular complexity index is 903. The first-order chi connectivity index (χ1) is 12.1. The Morgan fingerprint density at radius 1 is 1.32 bits per heavy atom. The molecule has 0 aliphatic rings. The van der Waals surface area contributed by atoms with Crippen LogP contribution in [0.1, 0.15) is 22.8 Å². The van der Waals surface area contributed by atoms with Gasteiger partial charge in [-0.15, -0.1) is 0 Å². The standard InChI is InChI=1S/C17H21N7O/c1-3-24-15-13(23-17(24)18)9-12(10-22-15)16(25)21-8-7-20-14-11(2)5-4-6-19-14/h4-6,9-10H,3,7-8H2,1-2H3,(H2,18,23)(H,19,20)(H,21,25). The number of nitrogen functional groups attached to an aromatic ring is 1. The molecule has 130 valence electrons. The van der Waals surface area contributed by atoms with Crippen molar-refractivity contribution in [2.75, 3.05) is 24.1 Å². The number of carbonyl (C=O) groups excluding carboxylic acids is 1. The summed E-state index contributed by atoms with van der Waals surface area (Å²) in [5.41, 5.74) is 8.68. The molecule has 8 nitrogen and oxygen atoms in total. The fourth-order valence-electron chi connectivity index (χ4n) is 2.59. The van der Waals surface area contributed by atoms with E-state index in [1.165, 1.54) is 0 Å². The number of fused-ring (bicyclic) bond motifs is 1. The molecule has 0 fully saturated rings. The molecule has 0 aromatic carbocycles. The van der Waals surface area contributed by atoms with Crippen molar-refractivity contribution in [1.82, 2.24) is 24.8 Å². The van der Waals surface area contributed by atoms with Crippen molar-refractivity contribution in [3.05, 3.63) is 41.7 Å². The Hall–Kier alpha value is -3.16. The molecular weight excluding hydrogens is 318 g/mol. The van der Waals surface area contributed by atoms with Crippen LogP contribution in [0.2, 0.25) is 0 Å². The van der Waals surface area contributed by atoms with Crippen molar-refractivity contribution >= 4 is 28.8 Å². The predicted octanol–water partition coefficient (Wildman–Crippen LogP) is 1.58. The number of nitrogens with one attached hydrogen (secondary N) is 2. The second-order valence-electron chi connectivity index (χ2n) is 5.63. The van der Waals surface area contributed by atoms with E-state index in [1.807, 2.05) is 26.0 Å². The number of imidazole rings is 1. The van der Waals surface area contributed by atoms with Crippen LogP contribution in [0.15, 0.2) is 30.6 Å². The summed E-state index contributed by atoms with van der Waals surface area (Å²) in [6, 6.07) is 5.57. The Morgan fingerprint density at radius 3 is 2.92 bits per heavy atom. The summed E-state index contributed by atoms with van der Waals surface area (Å²) >= 11 is 0. The molecule has 0 unspecified atom stereocenters. The molecule has 0 atom stereocenters. The molecule has 0 radical (unpaired) electrons. The number of pyridine rings is 2. The number of amides is 1. The fourth-order valence-corrected chi connectivity index (χ4v) is 2.59. The van der Waals surface area contributed by atoms with Crippen molar-refractivity contribution in [2.45, 2.75) is 20.4 Å². The molecule has 0 aliphatic heterocycles. The second-order valence-corrected chi connectivity index (χ2v) is 5.63. The summed E-state index contributed by atoms with van der Waals surface area (Å²) in [7, 11) is 0. The van der Waals surface area contributed by atoms with E-state index in [-0.39, 0.29) is 5.91 Å². The Kier molecular flexibility index (Phi) is 4.78. The molecule has 1 amide bonds. The largest absolute Gasteiger partial charge is 0.369 e.